The number of aromatic nitrogens is 2. The highest BCUT2D eigenvalue weighted by Gasteiger charge is 2.07. The monoisotopic (exact) mass is 237 g/mol. The smallest absolute Gasteiger partial charge is 0.146 e. The average Bonchev–Trinajstić information content (AvgIpc) is 2.68. The van der Waals surface area contributed by atoms with Gasteiger partial charge in [-0.2, -0.15) is 0 Å². The van der Waals surface area contributed by atoms with Crippen LogP contribution in [0.3, 0.4) is 0 Å². The molecule has 0 fully saturated rings. The number of aromatic amines is 1. The quantitative estimate of drug-likeness (QED) is 0.861. The van der Waals surface area contributed by atoms with Crippen molar-refractivity contribution in [3.05, 3.63) is 47.0 Å². The Bertz CT molecular complexity index is 535. The average molecular weight is 237 g/mol. The van der Waals surface area contributed by atoms with Crippen molar-refractivity contribution in [3.63, 3.8) is 0 Å². The maximum absolute atomic E-state index is 13.5. The van der Waals surface area contributed by atoms with Gasteiger partial charge in [0.05, 0.1) is 12.2 Å². The van der Waals surface area contributed by atoms with Crippen molar-refractivity contribution in [1.29, 1.82) is 0 Å². The highest BCUT2D eigenvalue weighted by molar-refractivity contribution is 5.46. The topological polar surface area (TPSA) is 40.7 Å². The van der Waals surface area contributed by atoms with Gasteiger partial charge < -0.3 is 10.3 Å². The number of anilines is 1. The van der Waals surface area contributed by atoms with E-state index in [2.05, 4.69) is 15.3 Å². The minimum absolute atomic E-state index is 0.141. The first kappa shape index (κ1) is 11.6. The first-order chi connectivity index (χ1) is 8.06. The molecule has 1 heterocycles. The molecule has 0 spiro atoms. The van der Waals surface area contributed by atoms with Gasteiger partial charge in [-0.3, -0.25) is 0 Å². The lowest BCUT2D eigenvalue weighted by atomic mass is 10.2. The van der Waals surface area contributed by atoms with E-state index < -0.39 is 11.6 Å². The summed E-state index contributed by atoms with van der Waals surface area (Å²) < 4.78 is 26.7. The van der Waals surface area contributed by atoms with Crippen LogP contribution in [0.25, 0.3) is 0 Å². The summed E-state index contributed by atoms with van der Waals surface area (Å²) in [7, 11) is 0. The summed E-state index contributed by atoms with van der Waals surface area (Å²) in [6, 6.07) is 2.32. The fraction of sp³-hybridized carbons (Fsp3) is 0.250. The molecule has 0 atom stereocenters. The standard InChI is InChI=1S/C12H13F2N3/c1-7-3-10(14)11(4-9(7)13)15-6-12-16-5-8(2)17-12/h3-5,15H,6H2,1-2H3,(H,16,17). The first-order valence-electron chi connectivity index (χ1n) is 5.26. The van der Waals surface area contributed by atoms with Crippen molar-refractivity contribution in [1.82, 2.24) is 9.97 Å². The lowest BCUT2D eigenvalue weighted by molar-refractivity contribution is 0.594. The Hall–Kier alpha value is -1.91. The molecule has 2 rings (SSSR count). The van der Waals surface area contributed by atoms with Gasteiger partial charge in [-0.1, -0.05) is 0 Å². The van der Waals surface area contributed by atoms with Gasteiger partial charge in [0.15, 0.2) is 0 Å². The van der Waals surface area contributed by atoms with Crippen molar-refractivity contribution in [2.24, 2.45) is 0 Å². The molecular weight excluding hydrogens is 224 g/mol. The maximum atomic E-state index is 13.5. The molecule has 3 nitrogen and oxygen atoms in total. The molecule has 0 aliphatic rings. The van der Waals surface area contributed by atoms with Crippen molar-refractivity contribution < 1.29 is 8.78 Å². The number of hydrogen-bond donors (Lipinski definition) is 2. The minimum atomic E-state index is -0.466. The second-order valence-electron chi connectivity index (χ2n) is 3.95. The molecular formula is C12H13F2N3. The SMILES string of the molecule is Cc1cnc(CNc2cc(F)c(C)cc2F)[nH]1. The van der Waals surface area contributed by atoms with Crippen LogP contribution in [0.15, 0.2) is 18.3 Å². The van der Waals surface area contributed by atoms with Crippen molar-refractivity contribution in [2.45, 2.75) is 20.4 Å². The molecule has 0 aliphatic carbocycles. The number of halogens is 2. The van der Waals surface area contributed by atoms with Gasteiger partial charge in [0.2, 0.25) is 0 Å². The van der Waals surface area contributed by atoms with Gasteiger partial charge in [0, 0.05) is 18.0 Å². The molecule has 2 aromatic rings. The van der Waals surface area contributed by atoms with Crippen LogP contribution >= 0.6 is 0 Å². The Balaban J connectivity index is 2.11. The van der Waals surface area contributed by atoms with Crippen molar-refractivity contribution in [3.8, 4) is 0 Å². The Labute approximate surface area is 97.9 Å². The van der Waals surface area contributed by atoms with Crippen LogP contribution in [0.4, 0.5) is 14.5 Å². The van der Waals surface area contributed by atoms with Crippen LogP contribution in [0.1, 0.15) is 17.1 Å². The number of imidazole rings is 1. The van der Waals surface area contributed by atoms with E-state index in [0.29, 0.717) is 17.9 Å². The third-order valence-electron chi connectivity index (χ3n) is 2.45. The molecule has 1 aromatic carbocycles. The van der Waals surface area contributed by atoms with Crippen LogP contribution in [0, 0.1) is 25.5 Å². The number of benzene rings is 1. The lowest BCUT2D eigenvalue weighted by Gasteiger charge is -2.07. The zero-order valence-electron chi connectivity index (χ0n) is 9.64. The zero-order chi connectivity index (χ0) is 12.4. The van der Waals surface area contributed by atoms with Crippen LogP contribution < -0.4 is 5.32 Å². The fourth-order valence-corrected chi connectivity index (χ4v) is 1.52. The van der Waals surface area contributed by atoms with Crippen molar-refractivity contribution >= 4 is 5.69 Å². The van der Waals surface area contributed by atoms with Gasteiger partial charge in [0.1, 0.15) is 17.5 Å². The summed E-state index contributed by atoms with van der Waals surface area (Å²) in [5, 5.41) is 2.80. The second kappa shape index (κ2) is 4.53. The van der Waals surface area contributed by atoms with E-state index in [1.807, 2.05) is 6.92 Å². The largest absolute Gasteiger partial charge is 0.375 e. The Morgan fingerprint density at radius 2 is 2.00 bits per heavy atom. The predicted octanol–water partition coefficient (Wildman–Crippen LogP) is 2.92. The van der Waals surface area contributed by atoms with Crippen LogP contribution in [0.5, 0.6) is 0 Å². The molecule has 0 radical (unpaired) electrons. The second-order valence-corrected chi connectivity index (χ2v) is 3.95. The number of rotatable bonds is 3. The number of hydrogen-bond acceptors (Lipinski definition) is 2. The predicted molar refractivity (Wildman–Crippen MR) is 61.7 cm³/mol. The number of aryl methyl sites for hydroxylation is 2. The fourth-order valence-electron chi connectivity index (χ4n) is 1.52. The van der Waals surface area contributed by atoms with Gasteiger partial charge >= 0.3 is 0 Å². The zero-order valence-corrected chi connectivity index (χ0v) is 9.64. The molecule has 0 saturated heterocycles. The van der Waals surface area contributed by atoms with Crippen molar-refractivity contribution in [2.75, 3.05) is 5.32 Å². The number of H-pyrrole nitrogens is 1. The van der Waals surface area contributed by atoms with E-state index in [1.54, 1.807) is 6.20 Å². The molecule has 5 heteroatoms. The van der Waals surface area contributed by atoms with Gasteiger partial charge in [-0.15, -0.1) is 0 Å². The van der Waals surface area contributed by atoms with E-state index in [9.17, 15) is 8.78 Å². The van der Waals surface area contributed by atoms with Gasteiger partial charge in [0.25, 0.3) is 0 Å². The third kappa shape index (κ3) is 2.61. The highest BCUT2D eigenvalue weighted by Crippen LogP contribution is 2.19. The Kier molecular flexibility index (Phi) is 3.08. The number of nitrogens with zero attached hydrogens (tertiary/aromatic N) is 1. The highest BCUT2D eigenvalue weighted by atomic mass is 19.1. The van der Waals surface area contributed by atoms with E-state index in [-0.39, 0.29) is 5.69 Å². The Morgan fingerprint density at radius 3 is 2.65 bits per heavy atom. The molecule has 90 valence electrons. The van der Waals surface area contributed by atoms with E-state index in [0.717, 1.165) is 11.8 Å². The minimum Gasteiger partial charge on any atom is -0.375 e. The molecule has 0 amide bonds. The van der Waals surface area contributed by atoms with E-state index >= 15 is 0 Å². The molecule has 0 unspecified atom stereocenters. The maximum Gasteiger partial charge on any atom is 0.146 e. The molecule has 0 aliphatic heterocycles. The molecule has 0 bridgehead atoms. The van der Waals surface area contributed by atoms with Crippen LogP contribution in [0.2, 0.25) is 0 Å². The molecule has 17 heavy (non-hydrogen) atoms. The summed E-state index contributed by atoms with van der Waals surface area (Å²) in [5.41, 5.74) is 1.36. The van der Waals surface area contributed by atoms with Crippen LogP contribution in [-0.2, 0) is 6.54 Å². The van der Waals surface area contributed by atoms with E-state index in [1.165, 1.54) is 13.0 Å². The third-order valence-corrected chi connectivity index (χ3v) is 2.45. The summed E-state index contributed by atoms with van der Waals surface area (Å²) in [6.07, 6.45) is 1.68. The van der Waals surface area contributed by atoms with E-state index in [4.69, 9.17) is 0 Å². The summed E-state index contributed by atoms with van der Waals surface area (Å²) in [5.74, 6) is -0.209. The summed E-state index contributed by atoms with van der Waals surface area (Å²) >= 11 is 0. The Morgan fingerprint density at radius 1 is 1.24 bits per heavy atom. The summed E-state index contributed by atoms with van der Waals surface area (Å²) in [6.45, 7) is 3.73. The molecule has 1 aromatic heterocycles. The molecule has 0 saturated carbocycles. The summed E-state index contributed by atoms with van der Waals surface area (Å²) in [4.78, 5) is 7.07. The van der Waals surface area contributed by atoms with Gasteiger partial charge in [-0.25, -0.2) is 13.8 Å². The normalized spacial score (nSPS) is 10.6. The van der Waals surface area contributed by atoms with Crippen LogP contribution in [-0.4, -0.2) is 9.97 Å². The van der Waals surface area contributed by atoms with Gasteiger partial charge in [-0.05, 0) is 25.5 Å². The molecule has 2 N–H and O–H groups in total. The number of nitrogens with one attached hydrogen (secondary N) is 2. The lowest BCUT2D eigenvalue weighted by Crippen LogP contribution is -2.04. The first-order valence-corrected chi connectivity index (χ1v) is 5.26.